The zero-order valence-corrected chi connectivity index (χ0v) is 13.1. The minimum absolute atomic E-state index is 0.762. The average molecular weight is 312 g/mol. The van der Waals surface area contributed by atoms with Gasteiger partial charge >= 0.3 is 0 Å². The minimum atomic E-state index is 0.762. The molecule has 0 spiro atoms. The van der Waals surface area contributed by atoms with Crippen molar-refractivity contribution >= 4 is 11.8 Å². The van der Waals surface area contributed by atoms with Crippen LogP contribution in [0.5, 0.6) is 0 Å². The van der Waals surface area contributed by atoms with E-state index < -0.39 is 0 Å². The molecule has 0 radical (unpaired) electrons. The number of rotatable bonds is 2. The molecule has 7 nitrogen and oxygen atoms in total. The van der Waals surface area contributed by atoms with Gasteiger partial charge in [0.05, 0.1) is 18.9 Å². The van der Waals surface area contributed by atoms with Crippen molar-refractivity contribution in [3.8, 4) is 0 Å². The van der Waals surface area contributed by atoms with E-state index in [0.717, 1.165) is 69.7 Å². The summed E-state index contributed by atoms with van der Waals surface area (Å²) in [6.45, 7) is 5.08. The van der Waals surface area contributed by atoms with Gasteiger partial charge in [0.1, 0.15) is 0 Å². The summed E-state index contributed by atoms with van der Waals surface area (Å²) in [5.74, 6) is 1.76. The molecule has 0 aromatic carbocycles. The zero-order chi connectivity index (χ0) is 15.5. The highest BCUT2D eigenvalue weighted by Gasteiger charge is 2.20. The van der Waals surface area contributed by atoms with E-state index in [2.05, 4.69) is 36.0 Å². The van der Waals surface area contributed by atoms with E-state index in [1.165, 1.54) is 5.56 Å². The van der Waals surface area contributed by atoms with Crippen LogP contribution in [0.2, 0.25) is 0 Å². The Labute approximate surface area is 135 Å². The highest BCUT2D eigenvalue weighted by Crippen LogP contribution is 2.20. The van der Waals surface area contributed by atoms with E-state index in [1.807, 2.05) is 6.07 Å². The van der Waals surface area contributed by atoms with Crippen LogP contribution in [0.1, 0.15) is 11.3 Å². The fraction of sp³-hybridized carbons (Fsp3) is 0.500. The van der Waals surface area contributed by atoms with Crippen LogP contribution in [-0.2, 0) is 17.6 Å². The van der Waals surface area contributed by atoms with Crippen LogP contribution >= 0.6 is 0 Å². The lowest BCUT2D eigenvalue weighted by molar-refractivity contribution is 0.122. The van der Waals surface area contributed by atoms with Gasteiger partial charge in [0.2, 0.25) is 5.95 Å². The van der Waals surface area contributed by atoms with Gasteiger partial charge < -0.3 is 14.5 Å². The van der Waals surface area contributed by atoms with Crippen molar-refractivity contribution in [1.82, 2.24) is 20.2 Å². The fourth-order valence-corrected chi connectivity index (χ4v) is 3.08. The number of hydrogen-bond acceptors (Lipinski definition) is 7. The van der Waals surface area contributed by atoms with Crippen molar-refractivity contribution in [2.45, 2.75) is 12.8 Å². The quantitative estimate of drug-likeness (QED) is 0.809. The molecule has 23 heavy (non-hydrogen) atoms. The SMILES string of the molecule is c1cnc(N2CCc3cc(N4CCOCC4)nnc3CC2)nc1. The number of aromatic nitrogens is 4. The first-order chi connectivity index (χ1) is 11.4. The molecule has 0 atom stereocenters. The van der Waals surface area contributed by atoms with Crippen molar-refractivity contribution in [2.24, 2.45) is 0 Å². The number of hydrogen-bond donors (Lipinski definition) is 0. The Bertz CT molecular complexity index is 659. The Balaban J connectivity index is 1.52. The van der Waals surface area contributed by atoms with E-state index in [0.29, 0.717) is 0 Å². The van der Waals surface area contributed by atoms with E-state index in [4.69, 9.17) is 4.74 Å². The molecule has 1 fully saturated rings. The lowest BCUT2D eigenvalue weighted by atomic mass is 10.1. The highest BCUT2D eigenvalue weighted by molar-refractivity contribution is 5.43. The monoisotopic (exact) mass is 312 g/mol. The number of anilines is 2. The van der Waals surface area contributed by atoms with Crippen LogP contribution in [0.15, 0.2) is 24.5 Å². The molecule has 0 unspecified atom stereocenters. The Morgan fingerprint density at radius 1 is 0.870 bits per heavy atom. The van der Waals surface area contributed by atoms with Gasteiger partial charge in [-0.15, -0.1) is 5.10 Å². The summed E-state index contributed by atoms with van der Waals surface area (Å²) >= 11 is 0. The first-order valence-electron chi connectivity index (χ1n) is 8.10. The second kappa shape index (κ2) is 6.45. The number of fused-ring (bicyclic) bond motifs is 1. The highest BCUT2D eigenvalue weighted by atomic mass is 16.5. The van der Waals surface area contributed by atoms with Crippen LogP contribution in [0, 0.1) is 0 Å². The van der Waals surface area contributed by atoms with Gasteiger partial charge in [0, 0.05) is 45.0 Å². The molecule has 0 aliphatic carbocycles. The van der Waals surface area contributed by atoms with Crippen molar-refractivity contribution in [1.29, 1.82) is 0 Å². The summed E-state index contributed by atoms with van der Waals surface area (Å²) in [5.41, 5.74) is 2.39. The molecule has 2 aromatic rings. The molecule has 2 aromatic heterocycles. The lowest BCUT2D eigenvalue weighted by Crippen LogP contribution is -2.37. The largest absolute Gasteiger partial charge is 0.378 e. The summed E-state index contributed by atoms with van der Waals surface area (Å²) in [5, 5.41) is 8.91. The summed E-state index contributed by atoms with van der Waals surface area (Å²) in [6, 6.07) is 4.04. The lowest BCUT2D eigenvalue weighted by Gasteiger charge is -2.27. The van der Waals surface area contributed by atoms with Crippen LogP contribution in [0.3, 0.4) is 0 Å². The molecule has 4 heterocycles. The maximum atomic E-state index is 5.41. The van der Waals surface area contributed by atoms with E-state index in [1.54, 1.807) is 12.4 Å². The molecule has 4 rings (SSSR count). The number of ether oxygens (including phenoxy) is 1. The van der Waals surface area contributed by atoms with Gasteiger partial charge in [-0.25, -0.2) is 9.97 Å². The second-order valence-electron chi connectivity index (χ2n) is 5.81. The molecule has 0 saturated carbocycles. The summed E-state index contributed by atoms with van der Waals surface area (Å²) in [6.07, 6.45) is 5.40. The van der Waals surface area contributed by atoms with Crippen LogP contribution in [0.25, 0.3) is 0 Å². The number of nitrogens with zero attached hydrogens (tertiary/aromatic N) is 6. The maximum Gasteiger partial charge on any atom is 0.225 e. The molecule has 2 aliphatic heterocycles. The van der Waals surface area contributed by atoms with Gasteiger partial charge in [-0.3, -0.25) is 0 Å². The summed E-state index contributed by atoms with van der Waals surface area (Å²) in [4.78, 5) is 13.2. The molecular weight excluding hydrogens is 292 g/mol. The van der Waals surface area contributed by atoms with Crippen LogP contribution < -0.4 is 9.80 Å². The summed E-state index contributed by atoms with van der Waals surface area (Å²) in [7, 11) is 0. The Hall–Kier alpha value is -2.28. The molecule has 1 saturated heterocycles. The Morgan fingerprint density at radius 3 is 2.48 bits per heavy atom. The molecule has 0 amide bonds. The maximum absolute atomic E-state index is 5.41. The third-order valence-corrected chi connectivity index (χ3v) is 4.39. The first-order valence-corrected chi connectivity index (χ1v) is 8.10. The predicted octanol–water partition coefficient (Wildman–Crippen LogP) is 0.708. The molecule has 0 N–H and O–H groups in total. The van der Waals surface area contributed by atoms with Gasteiger partial charge in [0.25, 0.3) is 0 Å². The summed E-state index contributed by atoms with van der Waals surface area (Å²) < 4.78 is 5.41. The number of morpholine rings is 1. The van der Waals surface area contributed by atoms with E-state index in [9.17, 15) is 0 Å². The predicted molar refractivity (Wildman–Crippen MR) is 86.7 cm³/mol. The molecule has 2 aliphatic rings. The molecule has 7 heteroatoms. The topological polar surface area (TPSA) is 67.3 Å². The Kier molecular flexibility index (Phi) is 4.02. The van der Waals surface area contributed by atoms with E-state index in [-0.39, 0.29) is 0 Å². The van der Waals surface area contributed by atoms with Crippen molar-refractivity contribution in [3.05, 3.63) is 35.8 Å². The third-order valence-electron chi connectivity index (χ3n) is 4.39. The Morgan fingerprint density at radius 2 is 1.65 bits per heavy atom. The fourth-order valence-electron chi connectivity index (χ4n) is 3.08. The van der Waals surface area contributed by atoms with Gasteiger partial charge in [-0.05, 0) is 24.1 Å². The standard InChI is InChI=1S/C16H20N6O/c1-4-17-16(18-5-1)22-6-2-13-12-15(20-19-14(13)3-7-22)21-8-10-23-11-9-21/h1,4-5,12H,2-3,6-11H2. The molecule has 0 bridgehead atoms. The van der Waals surface area contributed by atoms with Gasteiger partial charge in [-0.2, -0.15) is 5.10 Å². The van der Waals surface area contributed by atoms with Crippen molar-refractivity contribution in [2.75, 3.05) is 49.2 Å². The average Bonchev–Trinajstić information content (AvgIpc) is 2.85. The zero-order valence-electron chi connectivity index (χ0n) is 13.1. The third kappa shape index (κ3) is 3.10. The van der Waals surface area contributed by atoms with Gasteiger partial charge in [0.15, 0.2) is 5.82 Å². The smallest absolute Gasteiger partial charge is 0.225 e. The van der Waals surface area contributed by atoms with Crippen molar-refractivity contribution < 1.29 is 4.74 Å². The normalized spacial score (nSPS) is 18.4. The molecule has 120 valence electrons. The minimum Gasteiger partial charge on any atom is -0.378 e. The van der Waals surface area contributed by atoms with Gasteiger partial charge in [-0.1, -0.05) is 0 Å². The van der Waals surface area contributed by atoms with Crippen molar-refractivity contribution in [3.63, 3.8) is 0 Å². The second-order valence-corrected chi connectivity index (χ2v) is 5.81. The molecular formula is C16H20N6O. The van der Waals surface area contributed by atoms with E-state index >= 15 is 0 Å². The first kappa shape index (κ1) is 14.3. The van der Waals surface area contributed by atoms with Crippen LogP contribution in [-0.4, -0.2) is 59.6 Å². The van der Waals surface area contributed by atoms with Crippen LogP contribution in [0.4, 0.5) is 11.8 Å².